The fraction of sp³-hybridized carbons (Fsp3) is 0.273. The smallest absolute Gasteiger partial charge is 0.258 e. The molecule has 3 rings (SSSR count). The number of nitrogens with zero attached hydrogens (tertiary/aromatic N) is 1. The molecular weight excluding hydrogens is 340 g/mol. The van der Waals surface area contributed by atoms with E-state index in [0.717, 1.165) is 17.6 Å². The van der Waals surface area contributed by atoms with Gasteiger partial charge in [0, 0.05) is 18.1 Å². The standard InChI is InChI=1S/C22H24N2O3/c1-16(2)27-19-8-9-20-18(14-19)11-13-24(22(20)26)15-21(25)23-12-10-17-6-4-3-5-7-17/h3-9,11,13-14,16H,10,12,15H2,1-2H3,(H,23,25). The van der Waals surface area contributed by atoms with Crippen LogP contribution >= 0.6 is 0 Å². The Morgan fingerprint density at radius 3 is 2.63 bits per heavy atom. The average Bonchev–Trinajstić information content (AvgIpc) is 2.64. The van der Waals surface area contributed by atoms with Gasteiger partial charge in [0.1, 0.15) is 12.3 Å². The summed E-state index contributed by atoms with van der Waals surface area (Å²) >= 11 is 0. The first kappa shape index (κ1) is 18.7. The van der Waals surface area contributed by atoms with E-state index in [1.807, 2.05) is 56.3 Å². The second-order valence-corrected chi connectivity index (χ2v) is 6.75. The molecule has 0 spiro atoms. The first-order valence-corrected chi connectivity index (χ1v) is 9.13. The fourth-order valence-electron chi connectivity index (χ4n) is 2.94. The molecule has 0 unspecified atom stereocenters. The lowest BCUT2D eigenvalue weighted by molar-refractivity contribution is -0.121. The highest BCUT2D eigenvalue weighted by atomic mass is 16.5. The molecule has 0 aliphatic heterocycles. The van der Waals surface area contributed by atoms with Gasteiger partial charge in [-0.25, -0.2) is 0 Å². The van der Waals surface area contributed by atoms with Crippen LogP contribution in [0.4, 0.5) is 0 Å². The molecule has 0 atom stereocenters. The van der Waals surface area contributed by atoms with E-state index in [9.17, 15) is 9.59 Å². The predicted octanol–water partition coefficient (Wildman–Crippen LogP) is 3.15. The number of pyridine rings is 1. The van der Waals surface area contributed by atoms with Gasteiger partial charge in [-0.3, -0.25) is 9.59 Å². The van der Waals surface area contributed by atoms with Gasteiger partial charge in [0.15, 0.2) is 0 Å². The average molecular weight is 364 g/mol. The SMILES string of the molecule is CC(C)Oc1ccc2c(=O)n(CC(=O)NCCc3ccccc3)ccc2c1. The van der Waals surface area contributed by atoms with E-state index >= 15 is 0 Å². The fourth-order valence-corrected chi connectivity index (χ4v) is 2.94. The molecule has 0 saturated carbocycles. The first-order chi connectivity index (χ1) is 13.0. The highest BCUT2D eigenvalue weighted by Gasteiger charge is 2.08. The van der Waals surface area contributed by atoms with Crippen molar-refractivity contribution in [2.75, 3.05) is 6.54 Å². The molecule has 1 heterocycles. The van der Waals surface area contributed by atoms with Crippen LogP contribution in [0.2, 0.25) is 0 Å². The normalized spacial score (nSPS) is 10.9. The molecule has 0 aliphatic carbocycles. The van der Waals surface area contributed by atoms with Gasteiger partial charge in [-0.2, -0.15) is 0 Å². The number of hydrogen-bond acceptors (Lipinski definition) is 3. The number of aromatic nitrogens is 1. The van der Waals surface area contributed by atoms with Crippen LogP contribution in [-0.2, 0) is 17.8 Å². The number of amides is 1. The van der Waals surface area contributed by atoms with Crippen LogP contribution < -0.4 is 15.6 Å². The third kappa shape index (κ3) is 4.97. The Morgan fingerprint density at radius 1 is 1.11 bits per heavy atom. The minimum atomic E-state index is -0.179. The Bertz CT molecular complexity index is 978. The minimum Gasteiger partial charge on any atom is -0.491 e. The highest BCUT2D eigenvalue weighted by molar-refractivity contribution is 5.83. The summed E-state index contributed by atoms with van der Waals surface area (Å²) in [7, 11) is 0. The molecule has 5 heteroatoms. The first-order valence-electron chi connectivity index (χ1n) is 9.13. The number of ether oxygens (including phenoxy) is 1. The van der Waals surface area contributed by atoms with E-state index in [-0.39, 0.29) is 24.1 Å². The summed E-state index contributed by atoms with van der Waals surface area (Å²) in [6.45, 7) is 4.46. The van der Waals surface area contributed by atoms with Crippen molar-refractivity contribution < 1.29 is 9.53 Å². The van der Waals surface area contributed by atoms with E-state index in [0.29, 0.717) is 11.9 Å². The number of hydrogen-bond donors (Lipinski definition) is 1. The van der Waals surface area contributed by atoms with Crippen LogP contribution in [0, 0.1) is 0 Å². The van der Waals surface area contributed by atoms with Crippen molar-refractivity contribution in [1.29, 1.82) is 0 Å². The van der Waals surface area contributed by atoms with E-state index in [1.54, 1.807) is 18.3 Å². The molecular formula is C22H24N2O3. The largest absolute Gasteiger partial charge is 0.491 e. The van der Waals surface area contributed by atoms with Crippen molar-refractivity contribution >= 4 is 16.7 Å². The van der Waals surface area contributed by atoms with Gasteiger partial charge in [0.2, 0.25) is 5.91 Å². The summed E-state index contributed by atoms with van der Waals surface area (Å²) in [6.07, 6.45) is 2.49. The maximum atomic E-state index is 12.6. The summed E-state index contributed by atoms with van der Waals surface area (Å²) in [5.41, 5.74) is 0.988. The molecule has 0 saturated heterocycles. The van der Waals surface area contributed by atoms with Gasteiger partial charge in [-0.05, 0) is 55.5 Å². The molecule has 0 bridgehead atoms. The quantitative estimate of drug-likeness (QED) is 0.701. The lowest BCUT2D eigenvalue weighted by Crippen LogP contribution is -2.33. The van der Waals surface area contributed by atoms with Crippen molar-refractivity contribution in [1.82, 2.24) is 9.88 Å². The Labute approximate surface area is 158 Å². The summed E-state index contributed by atoms with van der Waals surface area (Å²) in [4.78, 5) is 24.8. The van der Waals surface area contributed by atoms with E-state index < -0.39 is 0 Å². The van der Waals surface area contributed by atoms with Crippen LogP contribution in [0.5, 0.6) is 5.75 Å². The lowest BCUT2D eigenvalue weighted by atomic mass is 10.1. The zero-order chi connectivity index (χ0) is 19.2. The number of carbonyl (C=O) groups excluding carboxylic acids is 1. The summed E-state index contributed by atoms with van der Waals surface area (Å²) < 4.78 is 7.10. The molecule has 3 aromatic rings. The molecule has 27 heavy (non-hydrogen) atoms. The molecule has 1 amide bonds. The van der Waals surface area contributed by atoms with Crippen molar-refractivity contribution in [2.45, 2.75) is 32.9 Å². The Morgan fingerprint density at radius 2 is 1.89 bits per heavy atom. The second kappa shape index (κ2) is 8.54. The predicted molar refractivity (Wildman–Crippen MR) is 107 cm³/mol. The molecule has 0 aliphatic rings. The van der Waals surface area contributed by atoms with Gasteiger partial charge in [-0.1, -0.05) is 30.3 Å². The molecule has 0 radical (unpaired) electrons. The molecule has 1 N–H and O–H groups in total. The monoisotopic (exact) mass is 364 g/mol. The van der Waals surface area contributed by atoms with Crippen LogP contribution in [0.3, 0.4) is 0 Å². The van der Waals surface area contributed by atoms with E-state index in [4.69, 9.17) is 4.74 Å². The van der Waals surface area contributed by atoms with Crippen molar-refractivity contribution in [3.05, 3.63) is 76.7 Å². The van der Waals surface area contributed by atoms with E-state index in [1.165, 1.54) is 10.1 Å². The van der Waals surface area contributed by atoms with Crippen LogP contribution in [-0.4, -0.2) is 23.1 Å². The Kier molecular flexibility index (Phi) is 5.91. The summed E-state index contributed by atoms with van der Waals surface area (Å²) in [6, 6.07) is 17.2. The third-order valence-electron chi connectivity index (χ3n) is 4.21. The number of carbonyl (C=O) groups is 1. The summed E-state index contributed by atoms with van der Waals surface area (Å²) in [5.74, 6) is 0.556. The number of benzene rings is 2. The second-order valence-electron chi connectivity index (χ2n) is 6.75. The molecule has 140 valence electrons. The highest BCUT2D eigenvalue weighted by Crippen LogP contribution is 2.19. The number of nitrogens with one attached hydrogen (secondary N) is 1. The van der Waals surface area contributed by atoms with Crippen LogP contribution in [0.15, 0.2) is 65.6 Å². The third-order valence-corrected chi connectivity index (χ3v) is 4.21. The van der Waals surface area contributed by atoms with Crippen molar-refractivity contribution in [3.8, 4) is 5.75 Å². The maximum absolute atomic E-state index is 12.6. The Balaban J connectivity index is 1.65. The van der Waals surface area contributed by atoms with Gasteiger partial charge < -0.3 is 14.6 Å². The van der Waals surface area contributed by atoms with Gasteiger partial charge in [-0.15, -0.1) is 0 Å². The van der Waals surface area contributed by atoms with Gasteiger partial charge in [0.05, 0.1) is 6.10 Å². The van der Waals surface area contributed by atoms with Gasteiger partial charge >= 0.3 is 0 Å². The zero-order valence-corrected chi connectivity index (χ0v) is 15.6. The molecule has 2 aromatic carbocycles. The van der Waals surface area contributed by atoms with Gasteiger partial charge in [0.25, 0.3) is 5.56 Å². The maximum Gasteiger partial charge on any atom is 0.258 e. The minimum absolute atomic E-state index is 0.00775. The molecule has 5 nitrogen and oxygen atoms in total. The van der Waals surface area contributed by atoms with Crippen LogP contribution in [0.1, 0.15) is 19.4 Å². The van der Waals surface area contributed by atoms with Crippen molar-refractivity contribution in [2.24, 2.45) is 0 Å². The van der Waals surface area contributed by atoms with Crippen molar-refractivity contribution in [3.63, 3.8) is 0 Å². The zero-order valence-electron chi connectivity index (χ0n) is 15.6. The Hall–Kier alpha value is -3.08. The molecule has 1 aromatic heterocycles. The topological polar surface area (TPSA) is 60.3 Å². The van der Waals surface area contributed by atoms with Crippen LogP contribution in [0.25, 0.3) is 10.8 Å². The number of fused-ring (bicyclic) bond motifs is 1. The lowest BCUT2D eigenvalue weighted by Gasteiger charge is -2.11. The number of rotatable bonds is 7. The molecule has 0 fully saturated rings. The van der Waals surface area contributed by atoms with E-state index in [2.05, 4.69) is 5.32 Å². The summed E-state index contributed by atoms with van der Waals surface area (Å²) in [5, 5.41) is 4.25.